The highest BCUT2D eigenvalue weighted by Gasteiger charge is 2.36. The number of nitrogens with zero attached hydrogens (tertiary/aromatic N) is 3. The van der Waals surface area contributed by atoms with Crippen LogP contribution in [0.2, 0.25) is 0 Å². The minimum atomic E-state index is -0.542. The van der Waals surface area contributed by atoms with E-state index >= 15 is 0 Å². The van der Waals surface area contributed by atoms with Gasteiger partial charge in [-0.05, 0) is 74.0 Å². The van der Waals surface area contributed by atoms with Crippen LogP contribution in [0.5, 0.6) is 0 Å². The maximum atomic E-state index is 12.9. The van der Waals surface area contributed by atoms with E-state index in [0.29, 0.717) is 16.9 Å². The van der Waals surface area contributed by atoms with Gasteiger partial charge in [-0.3, -0.25) is 29.4 Å². The zero-order chi connectivity index (χ0) is 25.3. The highest BCUT2D eigenvalue weighted by Crippen LogP contribution is 2.34. The minimum Gasteiger partial charge on any atom is -0.325 e. The molecule has 4 rings (SSSR count). The van der Waals surface area contributed by atoms with Gasteiger partial charge in [0.2, 0.25) is 5.91 Å². The van der Waals surface area contributed by atoms with E-state index in [0.717, 1.165) is 33.6 Å². The Kier molecular flexibility index (Phi) is 6.57. The number of thioether (sulfide) groups is 1. The predicted octanol–water partition coefficient (Wildman–Crippen LogP) is 4.99. The number of rotatable bonds is 6. The largest absolute Gasteiger partial charge is 0.325 e. The van der Waals surface area contributed by atoms with Crippen LogP contribution in [0.15, 0.2) is 59.5 Å². The van der Waals surface area contributed by atoms with Gasteiger partial charge in [0.15, 0.2) is 0 Å². The lowest BCUT2D eigenvalue weighted by atomic mass is 10.2. The predicted molar refractivity (Wildman–Crippen MR) is 134 cm³/mol. The molecule has 1 saturated heterocycles. The summed E-state index contributed by atoms with van der Waals surface area (Å²) in [5.74, 6) is -1.01. The summed E-state index contributed by atoms with van der Waals surface area (Å²) in [6, 6.07) is 15.3. The Labute approximate surface area is 205 Å². The maximum Gasteiger partial charge on any atom is 0.294 e. The van der Waals surface area contributed by atoms with E-state index in [1.165, 1.54) is 12.1 Å². The number of imide groups is 1. The molecule has 0 spiro atoms. The Bertz CT molecular complexity index is 1410. The lowest BCUT2D eigenvalue weighted by molar-refractivity contribution is -0.384. The molecule has 9 nitrogen and oxygen atoms in total. The topological polar surface area (TPSA) is 115 Å². The van der Waals surface area contributed by atoms with Crippen LogP contribution in [0.1, 0.15) is 22.5 Å². The molecule has 0 unspecified atom stereocenters. The summed E-state index contributed by atoms with van der Waals surface area (Å²) in [6.07, 6.45) is 1.61. The number of nitro groups is 1. The number of nitrogens with one attached hydrogen (secondary N) is 1. The van der Waals surface area contributed by atoms with E-state index < -0.39 is 22.0 Å². The molecule has 1 fully saturated rings. The third-order valence-electron chi connectivity index (χ3n) is 5.53. The average Bonchev–Trinajstić information content (AvgIpc) is 3.23. The Morgan fingerprint density at radius 2 is 1.83 bits per heavy atom. The number of benzene rings is 2. The molecule has 10 heteroatoms. The van der Waals surface area contributed by atoms with Crippen molar-refractivity contribution in [2.24, 2.45) is 0 Å². The van der Waals surface area contributed by atoms with E-state index in [9.17, 15) is 24.5 Å². The highest BCUT2D eigenvalue weighted by atomic mass is 32.2. The molecule has 3 aromatic rings. The van der Waals surface area contributed by atoms with E-state index in [4.69, 9.17) is 0 Å². The van der Waals surface area contributed by atoms with Crippen molar-refractivity contribution in [3.8, 4) is 5.69 Å². The summed E-state index contributed by atoms with van der Waals surface area (Å²) in [4.78, 5) is 49.7. The van der Waals surface area contributed by atoms with Crippen molar-refractivity contribution >= 4 is 46.3 Å². The standard InChI is InChI=1S/C25H22N4O5S/c1-15-6-4-7-19(10-15)26-23(30)14-27-24(31)22(35-25(27)32)12-18-11-16(2)28(17(18)3)20-8-5-9-21(13-20)29(33)34/h4-13H,14H2,1-3H3,(H,26,30)/b22-12-. The number of aromatic nitrogens is 1. The quantitative estimate of drug-likeness (QED) is 0.296. The first-order chi connectivity index (χ1) is 16.6. The van der Waals surface area contributed by atoms with Crippen molar-refractivity contribution in [1.82, 2.24) is 9.47 Å². The fraction of sp³-hybridized carbons (Fsp3) is 0.160. The molecule has 1 aliphatic rings. The van der Waals surface area contributed by atoms with Gasteiger partial charge in [-0.1, -0.05) is 18.2 Å². The lowest BCUT2D eigenvalue weighted by Gasteiger charge is -2.12. The van der Waals surface area contributed by atoms with Crippen LogP contribution < -0.4 is 5.32 Å². The Hall–Kier alpha value is -4.18. The molecule has 178 valence electrons. The van der Waals surface area contributed by atoms with Gasteiger partial charge < -0.3 is 9.88 Å². The summed E-state index contributed by atoms with van der Waals surface area (Å²) in [6.45, 7) is 5.19. The maximum absolute atomic E-state index is 12.9. The van der Waals surface area contributed by atoms with E-state index in [1.54, 1.807) is 36.4 Å². The molecule has 1 aliphatic heterocycles. The molecule has 3 amide bonds. The van der Waals surface area contributed by atoms with Gasteiger partial charge in [0, 0.05) is 29.2 Å². The SMILES string of the molecule is Cc1cccc(NC(=O)CN2C(=O)S/C(=C\c3cc(C)n(-c4cccc([N+](=O)[O-])c4)c3C)C2=O)c1. The van der Waals surface area contributed by atoms with Crippen molar-refractivity contribution in [2.45, 2.75) is 20.8 Å². The van der Waals surface area contributed by atoms with Gasteiger partial charge in [-0.25, -0.2) is 0 Å². The van der Waals surface area contributed by atoms with Crippen molar-refractivity contribution in [3.05, 3.63) is 92.1 Å². The fourth-order valence-corrected chi connectivity index (χ4v) is 4.75. The first kappa shape index (κ1) is 24.0. The molecule has 0 radical (unpaired) electrons. The second kappa shape index (κ2) is 9.59. The highest BCUT2D eigenvalue weighted by molar-refractivity contribution is 8.18. The zero-order valence-corrected chi connectivity index (χ0v) is 20.1. The van der Waals surface area contributed by atoms with Crippen LogP contribution in [-0.4, -0.2) is 38.0 Å². The third-order valence-corrected chi connectivity index (χ3v) is 6.44. The molecule has 35 heavy (non-hydrogen) atoms. The molecule has 0 aliphatic carbocycles. The lowest BCUT2D eigenvalue weighted by Crippen LogP contribution is -2.36. The zero-order valence-electron chi connectivity index (χ0n) is 19.3. The number of aryl methyl sites for hydroxylation is 2. The molecular formula is C25H22N4O5S. The van der Waals surface area contributed by atoms with Crippen molar-refractivity contribution in [3.63, 3.8) is 0 Å². The average molecular weight is 491 g/mol. The summed E-state index contributed by atoms with van der Waals surface area (Å²) in [5.41, 5.74) is 4.42. The first-order valence-corrected chi connectivity index (χ1v) is 11.5. The second-order valence-electron chi connectivity index (χ2n) is 8.12. The molecule has 1 N–H and O–H groups in total. The number of carbonyl (C=O) groups is 3. The normalized spacial score (nSPS) is 14.6. The molecule has 0 bridgehead atoms. The van der Waals surface area contributed by atoms with Crippen LogP contribution in [-0.2, 0) is 9.59 Å². The van der Waals surface area contributed by atoms with E-state index in [1.807, 2.05) is 37.5 Å². The van der Waals surface area contributed by atoms with Gasteiger partial charge >= 0.3 is 0 Å². The number of amides is 3. The fourth-order valence-electron chi connectivity index (χ4n) is 3.92. The van der Waals surface area contributed by atoms with Crippen molar-refractivity contribution < 1.29 is 19.3 Å². The summed E-state index contributed by atoms with van der Waals surface area (Å²) >= 11 is 0.773. The molecule has 2 aromatic carbocycles. The summed E-state index contributed by atoms with van der Waals surface area (Å²) in [7, 11) is 0. The molecule has 1 aromatic heterocycles. The number of hydrogen-bond acceptors (Lipinski definition) is 6. The van der Waals surface area contributed by atoms with Gasteiger partial charge in [0.05, 0.1) is 15.5 Å². The number of carbonyl (C=O) groups excluding carboxylic acids is 3. The summed E-state index contributed by atoms with van der Waals surface area (Å²) < 4.78 is 1.85. The van der Waals surface area contributed by atoms with Gasteiger partial charge in [0.25, 0.3) is 16.8 Å². The van der Waals surface area contributed by atoms with Crippen LogP contribution in [0.4, 0.5) is 16.2 Å². The van der Waals surface area contributed by atoms with Crippen LogP contribution in [0.25, 0.3) is 11.8 Å². The Morgan fingerprint density at radius 1 is 1.09 bits per heavy atom. The number of anilines is 1. The van der Waals surface area contributed by atoms with Gasteiger partial charge in [-0.15, -0.1) is 0 Å². The second-order valence-corrected chi connectivity index (χ2v) is 9.12. The van der Waals surface area contributed by atoms with E-state index in [2.05, 4.69) is 5.32 Å². The smallest absolute Gasteiger partial charge is 0.294 e. The Balaban J connectivity index is 1.55. The van der Waals surface area contributed by atoms with Crippen molar-refractivity contribution in [1.29, 1.82) is 0 Å². The van der Waals surface area contributed by atoms with E-state index in [-0.39, 0.29) is 17.1 Å². The van der Waals surface area contributed by atoms with Crippen LogP contribution >= 0.6 is 11.8 Å². The summed E-state index contributed by atoms with van der Waals surface area (Å²) in [5, 5.41) is 13.3. The van der Waals surface area contributed by atoms with Gasteiger partial charge in [0.1, 0.15) is 6.54 Å². The first-order valence-electron chi connectivity index (χ1n) is 10.7. The number of non-ortho nitro benzene ring substituents is 1. The third kappa shape index (κ3) is 5.02. The van der Waals surface area contributed by atoms with Crippen LogP contribution in [0, 0.1) is 30.9 Å². The van der Waals surface area contributed by atoms with Crippen molar-refractivity contribution in [2.75, 3.05) is 11.9 Å². The van der Waals surface area contributed by atoms with Crippen LogP contribution in [0.3, 0.4) is 0 Å². The Morgan fingerprint density at radius 3 is 2.54 bits per heavy atom. The number of hydrogen-bond donors (Lipinski definition) is 1. The monoisotopic (exact) mass is 490 g/mol. The molecule has 2 heterocycles. The molecule has 0 atom stereocenters. The minimum absolute atomic E-state index is 0.0263. The van der Waals surface area contributed by atoms with Gasteiger partial charge in [-0.2, -0.15) is 0 Å². The molecular weight excluding hydrogens is 468 g/mol. The molecule has 0 saturated carbocycles. The number of nitro benzene ring substituents is 1.